The van der Waals surface area contributed by atoms with Crippen LogP contribution < -0.4 is 5.32 Å². The zero-order chi connectivity index (χ0) is 15.6. The number of carbonyl (C=O) groups excluding carboxylic acids is 1. The molecule has 0 aliphatic heterocycles. The molecular weight excluding hydrogens is 270 g/mol. The van der Waals surface area contributed by atoms with Gasteiger partial charge in [0.2, 0.25) is 5.91 Å². The minimum absolute atomic E-state index is 0.0972. The van der Waals surface area contributed by atoms with Gasteiger partial charge < -0.3 is 15.0 Å². The molecule has 0 spiro atoms. The normalized spacial score (nSPS) is 12.3. The maximum absolute atomic E-state index is 12.1. The first kappa shape index (κ1) is 15.0. The van der Waals surface area contributed by atoms with Crippen LogP contribution in [0.5, 0.6) is 0 Å². The molecule has 1 atom stereocenters. The third-order valence-electron chi connectivity index (χ3n) is 3.43. The highest BCUT2D eigenvalue weighted by molar-refractivity contribution is 5.93. The van der Waals surface area contributed by atoms with E-state index >= 15 is 0 Å². The summed E-state index contributed by atoms with van der Waals surface area (Å²) < 4.78 is 1.77. The first-order valence-corrected chi connectivity index (χ1v) is 6.95. The third kappa shape index (κ3) is 2.89. The van der Waals surface area contributed by atoms with Crippen molar-refractivity contribution in [2.24, 2.45) is 0 Å². The van der Waals surface area contributed by atoms with Crippen LogP contribution in [0.2, 0.25) is 0 Å². The number of benzene rings is 1. The minimum atomic E-state index is -0.995. The Kier molecular flexibility index (Phi) is 4.26. The van der Waals surface area contributed by atoms with E-state index in [0.29, 0.717) is 23.4 Å². The predicted molar refractivity (Wildman–Crippen MR) is 79.4 cm³/mol. The van der Waals surface area contributed by atoms with Crippen LogP contribution in [0.3, 0.4) is 0 Å². The SMILES string of the molecule is CCCNC(=O)C(C)n1c(C)nc2ccc(C(=O)O)cc21. The Hall–Kier alpha value is -2.37. The van der Waals surface area contributed by atoms with E-state index in [4.69, 9.17) is 5.11 Å². The molecule has 2 aromatic rings. The van der Waals surface area contributed by atoms with Gasteiger partial charge in [0, 0.05) is 6.54 Å². The Morgan fingerprint density at radius 1 is 1.43 bits per heavy atom. The summed E-state index contributed by atoms with van der Waals surface area (Å²) in [6.07, 6.45) is 0.866. The van der Waals surface area contributed by atoms with Crippen LogP contribution in [0, 0.1) is 6.92 Å². The molecular formula is C15H19N3O3. The van der Waals surface area contributed by atoms with Crippen LogP contribution in [-0.4, -0.2) is 33.1 Å². The summed E-state index contributed by atoms with van der Waals surface area (Å²) in [6.45, 7) is 6.20. The molecule has 0 aliphatic rings. The van der Waals surface area contributed by atoms with E-state index in [1.165, 1.54) is 6.07 Å². The van der Waals surface area contributed by atoms with Crippen LogP contribution in [0.15, 0.2) is 18.2 Å². The summed E-state index contributed by atoms with van der Waals surface area (Å²) in [5.41, 5.74) is 1.53. The number of nitrogens with one attached hydrogen (secondary N) is 1. The lowest BCUT2D eigenvalue weighted by Gasteiger charge is -2.16. The summed E-state index contributed by atoms with van der Waals surface area (Å²) in [6, 6.07) is 4.30. The lowest BCUT2D eigenvalue weighted by Crippen LogP contribution is -2.31. The number of nitrogens with zero attached hydrogens (tertiary/aromatic N) is 2. The number of carbonyl (C=O) groups is 2. The van der Waals surface area contributed by atoms with E-state index in [-0.39, 0.29) is 11.5 Å². The van der Waals surface area contributed by atoms with E-state index in [0.717, 1.165) is 6.42 Å². The molecule has 2 rings (SSSR count). The first-order chi connectivity index (χ1) is 9.95. The van der Waals surface area contributed by atoms with Crippen molar-refractivity contribution in [3.8, 4) is 0 Å². The Bertz CT molecular complexity index is 691. The molecule has 0 radical (unpaired) electrons. The number of aryl methyl sites for hydroxylation is 1. The third-order valence-corrected chi connectivity index (χ3v) is 3.43. The van der Waals surface area contributed by atoms with Gasteiger partial charge in [-0.05, 0) is 38.5 Å². The van der Waals surface area contributed by atoms with Crippen molar-refractivity contribution < 1.29 is 14.7 Å². The van der Waals surface area contributed by atoms with Gasteiger partial charge in [-0.25, -0.2) is 9.78 Å². The molecule has 0 saturated heterocycles. The monoisotopic (exact) mass is 289 g/mol. The fraction of sp³-hybridized carbons (Fsp3) is 0.400. The topological polar surface area (TPSA) is 84.2 Å². The number of rotatable bonds is 5. The molecule has 2 N–H and O–H groups in total. The fourth-order valence-corrected chi connectivity index (χ4v) is 2.35. The number of aromatic nitrogens is 2. The van der Waals surface area contributed by atoms with Crippen molar-refractivity contribution in [2.75, 3.05) is 6.54 Å². The quantitative estimate of drug-likeness (QED) is 0.883. The van der Waals surface area contributed by atoms with Gasteiger partial charge in [0.05, 0.1) is 16.6 Å². The van der Waals surface area contributed by atoms with Crippen LogP contribution in [0.4, 0.5) is 0 Å². The molecule has 1 aromatic heterocycles. The second-order valence-corrected chi connectivity index (χ2v) is 5.00. The van der Waals surface area contributed by atoms with Crippen LogP contribution in [0.1, 0.15) is 42.5 Å². The van der Waals surface area contributed by atoms with Gasteiger partial charge in [0.15, 0.2) is 0 Å². The molecule has 1 amide bonds. The average Bonchev–Trinajstić information content (AvgIpc) is 2.78. The van der Waals surface area contributed by atoms with Crippen LogP contribution >= 0.6 is 0 Å². The van der Waals surface area contributed by atoms with Crippen molar-refractivity contribution in [3.63, 3.8) is 0 Å². The van der Waals surface area contributed by atoms with E-state index in [1.807, 2.05) is 13.8 Å². The number of carboxylic acid groups (broad SMARTS) is 1. The maximum Gasteiger partial charge on any atom is 0.335 e. The van der Waals surface area contributed by atoms with Gasteiger partial charge in [-0.15, -0.1) is 0 Å². The van der Waals surface area contributed by atoms with Gasteiger partial charge in [-0.3, -0.25) is 4.79 Å². The van der Waals surface area contributed by atoms with E-state index in [9.17, 15) is 9.59 Å². The maximum atomic E-state index is 12.1. The number of fused-ring (bicyclic) bond motifs is 1. The minimum Gasteiger partial charge on any atom is -0.478 e. The van der Waals surface area contributed by atoms with E-state index in [2.05, 4.69) is 10.3 Å². The zero-order valence-corrected chi connectivity index (χ0v) is 12.4. The molecule has 21 heavy (non-hydrogen) atoms. The molecule has 0 bridgehead atoms. The Morgan fingerprint density at radius 2 is 2.14 bits per heavy atom. The van der Waals surface area contributed by atoms with E-state index < -0.39 is 12.0 Å². The van der Waals surface area contributed by atoms with Crippen molar-refractivity contribution in [1.29, 1.82) is 0 Å². The van der Waals surface area contributed by atoms with Crippen LogP contribution in [-0.2, 0) is 4.79 Å². The summed E-state index contributed by atoms with van der Waals surface area (Å²) in [7, 11) is 0. The van der Waals surface area contributed by atoms with Gasteiger partial charge in [-0.2, -0.15) is 0 Å². The highest BCUT2D eigenvalue weighted by Gasteiger charge is 2.20. The molecule has 112 valence electrons. The lowest BCUT2D eigenvalue weighted by atomic mass is 10.2. The molecule has 6 nitrogen and oxygen atoms in total. The highest BCUT2D eigenvalue weighted by atomic mass is 16.4. The van der Waals surface area contributed by atoms with E-state index in [1.54, 1.807) is 23.6 Å². The summed E-state index contributed by atoms with van der Waals surface area (Å²) in [5, 5.41) is 11.9. The Morgan fingerprint density at radius 3 is 2.76 bits per heavy atom. The summed E-state index contributed by atoms with van der Waals surface area (Å²) in [4.78, 5) is 27.6. The second kappa shape index (κ2) is 5.95. The van der Waals surface area contributed by atoms with Gasteiger partial charge >= 0.3 is 5.97 Å². The van der Waals surface area contributed by atoms with Gasteiger partial charge in [0.25, 0.3) is 0 Å². The van der Waals surface area contributed by atoms with Gasteiger partial charge in [-0.1, -0.05) is 6.92 Å². The number of amides is 1. The average molecular weight is 289 g/mol. The number of carboxylic acids is 1. The number of aromatic carboxylic acids is 1. The standard InChI is InChI=1S/C15H19N3O3/c1-4-7-16-14(19)9(2)18-10(3)17-12-6-5-11(15(20)21)8-13(12)18/h5-6,8-9H,4,7H2,1-3H3,(H,16,19)(H,20,21). The Balaban J connectivity index is 2.46. The van der Waals surface area contributed by atoms with Crippen LogP contribution in [0.25, 0.3) is 11.0 Å². The molecule has 1 unspecified atom stereocenters. The first-order valence-electron chi connectivity index (χ1n) is 6.95. The lowest BCUT2D eigenvalue weighted by molar-refractivity contribution is -0.123. The largest absolute Gasteiger partial charge is 0.478 e. The zero-order valence-electron chi connectivity index (χ0n) is 12.4. The van der Waals surface area contributed by atoms with Crippen molar-refractivity contribution in [3.05, 3.63) is 29.6 Å². The van der Waals surface area contributed by atoms with Crippen molar-refractivity contribution in [2.45, 2.75) is 33.2 Å². The molecule has 6 heteroatoms. The number of hydrogen-bond acceptors (Lipinski definition) is 3. The molecule has 0 fully saturated rings. The summed E-state index contributed by atoms with van der Waals surface area (Å²) >= 11 is 0. The molecule has 1 aromatic carbocycles. The number of imidazole rings is 1. The van der Waals surface area contributed by atoms with Crippen molar-refractivity contribution in [1.82, 2.24) is 14.9 Å². The molecule has 1 heterocycles. The van der Waals surface area contributed by atoms with Gasteiger partial charge in [0.1, 0.15) is 11.9 Å². The highest BCUT2D eigenvalue weighted by Crippen LogP contribution is 2.22. The fourth-order valence-electron chi connectivity index (χ4n) is 2.35. The van der Waals surface area contributed by atoms with Crippen molar-refractivity contribution >= 4 is 22.9 Å². The molecule has 0 saturated carbocycles. The molecule has 0 aliphatic carbocycles. The predicted octanol–water partition coefficient (Wildman–Crippen LogP) is 2.13. The number of hydrogen-bond donors (Lipinski definition) is 2. The summed E-state index contributed by atoms with van der Waals surface area (Å²) in [5.74, 6) is -0.406. The second-order valence-electron chi connectivity index (χ2n) is 5.00. The smallest absolute Gasteiger partial charge is 0.335 e. The Labute approximate surface area is 122 Å².